The maximum absolute atomic E-state index is 11.0. The van der Waals surface area contributed by atoms with Crippen LogP contribution in [0.2, 0.25) is 5.02 Å². The lowest BCUT2D eigenvalue weighted by Gasteiger charge is -2.31. The lowest BCUT2D eigenvalue weighted by atomic mass is 9.88. The summed E-state index contributed by atoms with van der Waals surface area (Å²) in [4.78, 5) is 14.9. The van der Waals surface area contributed by atoms with Crippen molar-refractivity contribution >= 4 is 17.3 Å². The Morgan fingerprint density at radius 1 is 1.18 bits per heavy atom. The first-order valence-corrected chi connectivity index (χ1v) is 9.59. The highest BCUT2D eigenvalue weighted by Crippen LogP contribution is 2.39. The minimum Gasteiger partial charge on any atom is -0.289 e. The van der Waals surface area contributed by atoms with Crippen molar-refractivity contribution in [3.63, 3.8) is 0 Å². The van der Waals surface area contributed by atoms with Crippen LogP contribution in [0.5, 0.6) is 0 Å². The molecule has 7 nitrogen and oxygen atoms in total. The highest BCUT2D eigenvalue weighted by molar-refractivity contribution is 6.30. The highest BCUT2D eigenvalue weighted by Gasteiger charge is 2.35. The average Bonchev–Trinajstić information content (AvgIpc) is 3.37. The van der Waals surface area contributed by atoms with Crippen LogP contribution in [0.1, 0.15) is 31.2 Å². The maximum Gasteiger partial charge on any atom is 0.270 e. The molecule has 1 saturated carbocycles. The first kappa shape index (κ1) is 18.6. The number of non-ortho nitro benzene ring substituents is 1. The second kappa shape index (κ2) is 7.69. The van der Waals surface area contributed by atoms with Gasteiger partial charge in [-0.15, -0.1) is 5.10 Å². The number of nitro groups is 1. The molecule has 144 valence electrons. The molecule has 1 heterocycles. The number of nitro benzene ring substituents is 1. The molecular formula is C20H20ClN5O2. The summed E-state index contributed by atoms with van der Waals surface area (Å²) in [6.07, 6.45) is 6.10. The fraction of sp³-hybridized carbons (Fsp3) is 0.300. The molecule has 3 aromatic rings. The van der Waals surface area contributed by atoms with Gasteiger partial charge in [-0.25, -0.2) is 9.67 Å². The number of nitrogens with zero attached hydrogens (tertiary/aromatic N) is 4. The van der Waals surface area contributed by atoms with E-state index in [2.05, 4.69) is 27.5 Å². The Morgan fingerprint density at radius 2 is 1.93 bits per heavy atom. The van der Waals surface area contributed by atoms with Crippen molar-refractivity contribution in [2.24, 2.45) is 0 Å². The molecule has 1 aliphatic rings. The Balaban J connectivity index is 1.51. The number of aromatic nitrogens is 3. The van der Waals surface area contributed by atoms with Gasteiger partial charge in [-0.05, 0) is 30.5 Å². The lowest BCUT2D eigenvalue weighted by Crippen LogP contribution is -2.41. The molecule has 0 saturated heterocycles. The maximum atomic E-state index is 11.0. The third-order valence-corrected chi connectivity index (χ3v) is 5.54. The van der Waals surface area contributed by atoms with Crippen LogP contribution in [0.25, 0.3) is 11.4 Å². The number of halogens is 1. The second-order valence-corrected chi connectivity index (χ2v) is 7.48. The van der Waals surface area contributed by atoms with Crippen molar-refractivity contribution in [3.05, 3.63) is 75.6 Å². The molecule has 1 aromatic heterocycles. The molecule has 1 N–H and O–H groups in total. The summed E-state index contributed by atoms with van der Waals surface area (Å²) in [6.45, 7) is 0.505. The molecule has 4 rings (SSSR count). The molecule has 0 aliphatic heterocycles. The van der Waals surface area contributed by atoms with Gasteiger partial charge in [-0.3, -0.25) is 15.4 Å². The van der Waals surface area contributed by atoms with Crippen LogP contribution in [0, 0.1) is 10.1 Å². The number of nitrogens with one attached hydrogen (secondary N) is 1. The molecule has 8 heteroatoms. The molecule has 0 amide bonds. The lowest BCUT2D eigenvalue weighted by molar-refractivity contribution is -0.384. The monoisotopic (exact) mass is 397 g/mol. The number of rotatable bonds is 6. The Kier molecular flexibility index (Phi) is 5.11. The molecule has 0 unspecified atom stereocenters. The minimum absolute atomic E-state index is 0.0274. The van der Waals surface area contributed by atoms with E-state index in [-0.39, 0.29) is 11.2 Å². The van der Waals surface area contributed by atoms with Crippen LogP contribution in [0.4, 0.5) is 5.69 Å². The second-order valence-electron chi connectivity index (χ2n) is 7.05. The normalized spacial score (nSPS) is 15.6. The van der Waals surface area contributed by atoms with Crippen LogP contribution < -0.4 is 5.32 Å². The fourth-order valence-corrected chi connectivity index (χ4v) is 3.93. The van der Waals surface area contributed by atoms with Gasteiger partial charge in [-0.2, -0.15) is 0 Å². The van der Waals surface area contributed by atoms with Crippen molar-refractivity contribution < 1.29 is 4.92 Å². The molecule has 0 spiro atoms. The van der Waals surface area contributed by atoms with Gasteiger partial charge >= 0.3 is 0 Å². The fourth-order valence-electron chi connectivity index (χ4n) is 3.81. The van der Waals surface area contributed by atoms with E-state index >= 15 is 0 Å². The smallest absolute Gasteiger partial charge is 0.270 e. The summed E-state index contributed by atoms with van der Waals surface area (Å²) in [5.41, 5.74) is 1.79. The summed E-state index contributed by atoms with van der Waals surface area (Å²) < 4.78 is 1.73. The van der Waals surface area contributed by atoms with E-state index in [0.29, 0.717) is 18.1 Å². The number of benzene rings is 2. The van der Waals surface area contributed by atoms with Crippen molar-refractivity contribution in [1.82, 2.24) is 20.1 Å². The van der Waals surface area contributed by atoms with Gasteiger partial charge in [-0.1, -0.05) is 48.7 Å². The molecule has 1 aliphatic carbocycles. The molecule has 0 bridgehead atoms. The Bertz CT molecular complexity index is 980. The molecule has 2 aromatic carbocycles. The Hall–Kier alpha value is -2.77. The molecule has 28 heavy (non-hydrogen) atoms. The largest absolute Gasteiger partial charge is 0.289 e. The molecular weight excluding hydrogens is 378 g/mol. The summed E-state index contributed by atoms with van der Waals surface area (Å²) >= 11 is 6.04. The Labute approximate surface area is 167 Å². The summed E-state index contributed by atoms with van der Waals surface area (Å²) in [7, 11) is 0. The summed E-state index contributed by atoms with van der Waals surface area (Å²) in [6, 6.07) is 14.4. The predicted octanol–water partition coefficient (Wildman–Crippen LogP) is 4.52. The summed E-state index contributed by atoms with van der Waals surface area (Å²) in [5.74, 6) is 0.470. The van der Waals surface area contributed by atoms with Crippen LogP contribution in [0.3, 0.4) is 0 Å². The van der Waals surface area contributed by atoms with E-state index < -0.39 is 4.92 Å². The van der Waals surface area contributed by atoms with E-state index in [0.717, 1.165) is 17.9 Å². The van der Waals surface area contributed by atoms with E-state index in [1.54, 1.807) is 23.1 Å². The summed E-state index contributed by atoms with van der Waals surface area (Å²) in [5, 5.41) is 19.8. The van der Waals surface area contributed by atoms with Crippen LogP contribution in [0.15, 0.2) is 54.9 Å². The average molecular weight is 398 g/mol. The van der Waals surface area contributed by atoms with E-state index in [1.165, 1.54) is 30.5 Å². The zero-order valence-corrected chi connectivity index (χ0v) is 16.0. The van der Waals surface area contributed by atoms with Crippen molar-refractivity contribution in [3.8, 4) is 11.4 Å². The molecule has 0 radical (unpaired) electrons. The van der Waals surface area contributed by atoms with Gasteiger partial charge in [0.2, 0.25) is 0 Å². The van der Waals surface area contributed by atoms with Gasteiger partial charge in [0.05, 0.1) is 11.6 Å². The molecule has 1 fully saturated rings. The third-order valence-electron chi connectivity index (χ3n) is 5.29. The zero-order chi connectivity index (χ0) is 19.6. The quantitative estimate of drug-likeness (QED) is 0.488. The molecule has 0 atom stereocenters. The first-order valence-electron chi connectivity index (χ1n) is 9.21. The van der Waals surface area contributed by atoms with E-state index in [1.807, 2.05) is 12.1 Å². The van der Waals surface area contributed by atoms with E-state index in [9.17, 15) is 10.1 Å². The van der Waals surface area contributed by atoms with Crippen molar-refractivity contribution in [2.45, 2.75) is 37.9 Å². The Morgan fingerprint density at radius 3 is 2.64 bits per heavy atom. The van der Waals surface area contributed by atoms with Crippen LogP contribution >= 0.6 is 11.6 Å². The SMILES string of the molecule is O=[N+]([O-])c1cccc(-c2ncn(CNC3(c4ccc(Cl)cc4)CCCC3)n2)c1. The number of hydrogen-bond acceptors (Lipinski definition) is 5. The standard InChI is InChI=1S/C20H20ClN5O2/c21-17-8-6-16(7-9-17)20(10-1-2-11-20)23-14-25-13-22-19(24-25)15-4-3-5-18(12-15)26(27)28/h3-9,12-13,23H,1-2,10-11,14H2. The zero-order valence-electron chi connectivity index (χ0n) is 15.2. The van der Waals surface area contributed by atoms with Gasteiger partial charge in [0.1, 0.15) is 6.33 Å². The van der Waals surface area contributed by atoms with Crippen LogP contribution in [-0.2, 0) is 12.2 Å². The van der Waals surface area contributed by atoms with Gasteiger partial charge in [0.25, 0.3) is 5.69 Å². The predicted molar refractivity (Wildman–Crippen MR) is 107 cm³/mol. The van der Waals surface area contributed by atoms with Gasteiger partial charge in [0.15, 0.2) is 5.82 Å². The van der Waals surface area contributed by atoms with Gasteiger partial charge < -0.3 is 0 Å². The first-order chi connectivity index (χ1) is 13.6. The van der Waals surface area contributed by atoms with Gasteiger partial charge in [0, 0.05) is 28.3 Å². The minimum atomic E-state index is -0.419. The highest BCUT2D eigenvalue weighted by atomic mass is 35.5. The third kappa shape index (κ3) is 3.76. The number of hydrogen-bond donors (Lipinski definition) is 1. The van der Waals surface area contributed by atoms with Crippen molar-refractivity contribution in [2.75, 3.05) is 0 Å². The van der Waals surface area contributed by atoms with Crippen molar-refractivity contribution in [1.29, 1.82) is 0 Å². The van der Waals surface area contributed by atoms with Crippen LogP contribution in [-0.4, -0.2) is 19.7 Å². The topological polar surface area (TPSA) is 85.9 Å². The van der Waals surface area contributed by atoms with E-state index in [4.69, 9.17) is 11.6 Å².